The number of hydrogen-bond donors (Lipinski definition) is 0. The molecule has 0 N–H and O–H groups in total. The second kappa shape index (κ2) is 7.16. The Morgan fingerprint density at radius 1 is 0.760 bits per heavy atom. The van der Waals surface area contributed by atoms with Crippen molar-refractivity contribution in [2.45, 2.75) is 56.4 Å². The van der Waals surface area contributed by atoms with Crippen molar-refractivity contribution in [3.05, 3.63) is 12.1 Å². The zero-order valence-electron chi connectivity index (χ0n) is 12.1. The van der Waals surface area contributed by atoms with Gasteiger partial charge in [0.15, 0.2) is 0 Å². The summed E-state index contributed by atoms with van der Waals surface area (Å²) in [7, 11) is 0. The molecule has 1 fully saturated rings. The molecule has 1 aliphatic carbocycles. The quantitative estimate of drug-likeness (QED) is 0.402. The van der Waals surface area contributed by atoms with E-state index >= 15 is 0 Å². The van der Waals surface area contributed by atoms with Crippen molar-refractivity contribution < 1.29 is 57.8 Å². The molecule has 148 valence electrons. The molecule has 0 radical (unpaired) electrons. The van der Waals surface area contributed by atoms with E-state index in [2.05, 4.69) is 9.47 Å². The number of halogens is 11. The van der Waals surface area contributed by atoms with Crippen LogP contribution in [0.1, 0.15) is 32.1 Å². The van der Waals surface area contributed by atoms with Gasteiger partial charge >= 0.3 is 36.3 Å². The number of ether oxygens (including phenoxy) is 2. The van der Waals surface area contributed by atoms with Crippen LogP contribution in [0.4, 0.5) is 48.3 Å². The van der Waals surface area contributed by atoms with Gasteiger partial charge in [0.2, 0.25) is 0 Å². The Bertz CT molecular complexity index is 492. The highest BCUT2D eigenvalue weighted by atomic mass is 19.4. The summed E-state index contributed by atoms with van der Waals surface area (Å²) in [5, 5.41) is 0. The molecule has 0 aromatic rings. The van der Waals surface area contributed by atoms with Crippen molar-refractivity contribution >= 4 is 0 Å². The van der Waals surface area contributed by atoms with Crippen LogP contribution in [0.2, 0.25) is 0 Å². The summed E-state index contributed by atoms with van der Waals surface area (Å²) in [5.74, 6) is -8.60. The number of alkyl halides is 8. The second-order valence-electron chi connectivity index (χ2n) is 5.24. The summed E-state index contributed by atoms with van der Waals surface area (Å²) < 4.78 is 147. The van der Waals surface area contributed by atoms with Gasteiger partial charge in [-0.25, -0.2) is 0 Å². The Balaban J connectivity index is 3.20. The first-order valence-electron chi connectivity index (χ1n) is 6.75. The number of hydrogen-bond acceptors (Lipinski definition) is 2. The molecule has 1 rings (SSSR count). The molecule has 1 aliphatic rings. The lowest BCUT2D eigenvalue weighted by molar-refractivity contribution is -0.504. The third kappa shape index (κ3) is 4.67. The van der Waals surface area contributed by atoms with E-state index in [1.807, 2.05) is 0 Å². The monoisotopic (exact) mass is 396 g/mol. The van der Waals surface area contributed by atoms with Crippen LogP contribution in [-0.4, -0.2) is 24.2 Å². The average Bonchev–Trinajstić information content (AvgIpc) is 2.45. The summed E-state index contributed by atoms with van der Waals surface area (Å²) >= 11 is 0. The maximum Gasteiger partial charge on any atom is 0.471 e. The molecular formula is C12H11F11O2. The molecule has 0 aromatic heterocycles. The maximum absolute atomic E-state index is 13.8. The minimum Gasteiger partial charge on any atom is -0.398 e. The molecule has 0 spiro atoms. The van der Waals surface area contributed by atoms with Crippen LogP contribution < -0.4 is 0 Å². The van der Waals surface area contributed by atoms with Crippen LogP contribution in [0.5, 0.6) is 0 Å². The standard InChI is InChI=1S/C12H11F11O2/c13-7(14)8(15)24-12(22,23)10(18,11(19,20)21)25-9(16,17)6-4-2-1-3-5-6/h6H,1-5H2. The van der Waals surface area contributed by atoms with E-state index in [-0.39, 0.29) is 12.8 Å². The van der Waals surface area contributed by atoms with Crippen molar-refractivity contribution in [3.8, 4) is 0 Å². The SMILES string of the molecule is FC(F)=C(F)OC(F)(F)C(F)(OC(F)(F)C1CCCCC1)C(F)(F)F. The zero-order valence-corrected chi connectivity index (χ0v) is 12.1. The molecule has 0 bridgehead atoms. The van der Waals surface area contributed by atoms with Crippen molar-refractivity contribution in [1.29, 1.82) is 0 Å². The maximum atomic E-state index is 13.8. The Hall–Kier alpha value is -1.27. The third-order valence-electron chi connectivity index (χ3n) is 3.46. The highest BCUT2D eigenvalue weighted by molar-refractivity contribution is 4.93. The van der Waals surface area contributed by atoms with Gasteiger partial charge in [-0.05, 0) is 12.8 Å². The van der Waals surface area contributed by atoms with Crippen LogP contribution >= 0.6 is 0 Å². The van der Waals surface area contributed by atoms with E-state index in [0.29, 0.717) is 6.42 Å². The molecule has 1 unspecified atom stereocenters. The summed E-state index contributed by atoms with van der Waals surface area (Å²) in [6.45, 7) is 0. The van der Waals surface area contributed by atoms with Gasteiger partial charge < -0.3 is 4.74 Å². The van der Waals surface area contributed by atoms with E-state index in [9.17, 15) is 48.3 Å². The smallest absolute Gasteiger partial charge is 0.398 e. The zero-order chi connectivity index (χ0) is 19.7. The molecule has 1 atom stereocenters. The van der Waals surface area contributed by atoms with Gasteiger partial charge in [-0.2, -0.15) is 48.3 Å². The lowest BCUT2D eigenvalue weighted by Crippen LogP contribution is -2.61. The third-order valence-corrected chi connectivity index (χ3v) is 3.46. The lowest BCUT2D eigenvalue weighted by atomic mass is 9.88. The van der Waals surface area contributed by atoms with E-state index in [1.165, 1.54) is 0 Å². The highest BCUT2D eigenvalue weighted by Gasteiger charge is 2.79. The predicted molar refractivity (Wildman–Crippen MR) is 58.9 cm³/mol. The average molecular weight is 396 g/mol. The number of rotatable bonds is 6. The van der Waals surface area contributed by atoms with E-state index in [0.717, 1.165) is 0 Å². The Morgan fingerprint density at radius 2 is 1.24 bits per heavy atom. The molecule has 13 heteroatoms. The summed E-state index contributed by atoms with van der Waals surface area (Å²) in [6, 6.07) is -3.57. The fourth-order valence-electron chi connectivity index (χ4n) is 2.21. The minimum absolute atomic E-state index is 0.103. The predicted octanol–water partition coefficient (Wildman–Crippen LogP) is 6.05. The van der Waals surface area contributed by atoms with Gasteiger partial charge in [0.1, 0.15) is 0 Å². The van der Waals surface area contributed by atoms with Crippen molar-refractivity contribution in [3.63, 3.8) is 0 Å². The van der Waals surface area contributed by atoms with Gasteiger partial charge in [-0.3, -0.25) is 4.74 Å². The molecule has 0 saturated heterocycles. The van der Waals surface area contributed by atoms with Gasteiger partial charge in [-0.1, -0.05) is 19.3 Å². The minimum atomic E-state index is -6.86. The molecule has 0 aromatic carbocycles. The Kier molecular flexibility index (Phi) is 6.23. The largest absolute Gasteiger partial charge is 0.471 e. The second-order valence-corrected chi connectivity index (χ2v) is 5.24. The van der Waals surface area contributed by atoms with E-state index < -0.39 is 55.1 Å². The van der Waals surface area contributed by atoms with E-state index in [4.69, 9.17) is 0 Å². The normalized spacial score (nSPS) is 20.1. The van der Waals surface area contributed by atoms with E-state index in [1.54, 1.807) is 0 Å². The topological polar surface area (TPSA) is 18.5 Å². The van der Waals surface area contributed by atoms with Gasteiger partial charge in [0.25, 0.3) is 0 Å². The van der Waals surface area contributed by atoms with Crippen molar-refractivity contribution in [2.75, 3.05) is 0 Å². The molecule has 0 amide bonds. The summed E-state index contributed by atoms with van der Waals surface area (Å²) in [4.78, 5) is 0. The molecule has 25 heavy (non-hydrogen) atoms. The fourth-order valence-corrected chi connectivity index (χ4v) is 2.21. The fraction of sp³-hybridized carbons (Fsp3) is 0.833. The van der Waals surface area contributed by atoms with Crippen LogP contribution in [0.15, 0.2) is 12.1 Å². The van der Waals surface area contributed by atoms with Crippen molar-refractivity contribution in [2.24, 2.45) is 5.92 Å². The Labute approximate surface area is 133 Å². The van der Waals surface area contributed by atoms with Crippen molar-refractivity contribution in [1.82, 2.24) is 0 Å². The van der Waals surface area contributed by atoms with Crippen LogP contribution in [-0.2, 0) is 9.47 Å². The van der Waals surface area contributed by atoms with Gasteiger partial charge in [0, 0.05) is 0 Å². The molecule has 2 nitrogen and oxygen atoms in total. The first kappa shape index (κ1) is 21.8. The van der Waals surface area contributed by atoms with Gasteiger partial charge in [-0.15, -0.1) is 0 Å². The first-order valence-corrected chi connectivity index (χ1v) is 6.75. The van der Waals surface area contributed by atoms with Crippen LogP contribution in [0.3, 0.4) is 0 Å². The highest BCUT2D eigenvalue weighted by Crippen LogP contribution is 2.52. The lowest BCUT2D eigenvalue weighted by Gasteiger charge is -2.38. The summed E-state index contributed by atoms with van der Waals surface area (Å²) in [6.07, 6.45) is -22.3. The van der Waals surface area contributed by atoms with Gasteiger partial charge in [0.05, 0.1) is 5.92 Å². The molecule has 0 heterocycles. The molecular weight excluding hydrogens is 385 g/mol. The summed E-state index contributed by atoms with van der Waals surface area (Å²) in [5.41, 5.74) is 0. The molecule has 0 aliphatic heterocycles. The van der Waals surface area contributed by atoms with Crippen LogP contribution in [0, 0.1) is 5.92 Å². The molecule has 1 saturated carbocycles. The Morgan fingerprint density at radius 3 is 1.64 bits per heavy atom. The first-order chi connectivity index (χ1) is 11.1. The van der Waals surface area contributed by atoms with Crippen LogP contribution in [0.25, 0.3) is 0 Å².